The van der Waals surface area contributed by atoms with Gasteiger partial charge >= 0.3 is 0 Å². The van der Waals surface area contributed by atoms with E-state index in [1.54, 1.807) is 24.3 Å². The third-order valence-corrected chi connectivity index (χ3v) is 15.5. The Morgan fingerprint density at radius 1 is 0.231 bits per heavy atom. The Morgan fingerprint density at radius 2 is 0.436 bits per heavy atom. The van der Waals surface area contributed by atoms with E-state index in [-0.39, 0.29) is 12.1 Å². The molecule has 0 amide bonds. The number of hydrogen-bond acceptors (Lipinski definition) is 2. The molecule has 14 aromatic rings. The summed E-state index contributed by atoms with van der Waals surface area (Å²) < 4.78 is 46.8. The monoisotopic (exact) mass is 998 g/mol. The van der Waals surface area contributed by atoms with Crippen molar-refractivity contribution < 1.29 is 8.22 Å². The van der Waals surface area contributed by atoms with Gasteiger partial charge in [-0.2, -0.15) is 0 Å². The zero-order valence-electron chi connectivity index (χ0n) is 48.5. The van der Waals surface area contributed by atoms with E-state index in [9.17, 15) is 0 Å². The van der Waals surface area contributed by atoms with Gasteiger partial charge in [-0.1, -0.05) is 231 Å². The molecular weight excluding hydrogens is 941 g/mol. The summed E-state index contributed by atoms with van der Waals surface area (Å²) in [5.74, 6) is 0. The summed E-state index contributed by atoms with van der Waals surface area (Å²) in [6.07, 6.45) is 0. The van der Waals surface area contributed by atoms with Crippen molar-refractivity contribution in [3.63, 3.8) is 0 Å². The SMILES string of the molecule is [2H]C([2H])=C([2H])c1ccc(-c2ccc(N(c3ccc(-c4ccc(N(c5ccc(-c6ccc(C([2H])=C([2H])[2H])cc6)cc5)c5ccc6c7ccccc7c7ccccc7c6c5)cc4)cc3)c3ccc4c5ccccc5c5ccccc5c4c3)cc2)cc1. The number of anilines is 6. The standard InChI is InChI=1S/C76H52N2/c1-3-51-21-25-53(26-22-51)55-29-37-59(38-30-55)77(63-45-47-73-69-17-7-5-13-65(69)67-15-9-11-19-71(67)75(73)49-63)61-41-33-57(34-42-61)58-35-43-62(44-36-58)78(60-39-31-56(32-40-60)54-27-23-52(4-2)24-28-54)64-46-48-74-70-18-8-6-14-66(70)68-16-10-12-20-72(68)76(74)50-64/h3-50H,1-2H2/i1D2,2D2,3D,4D. The summed E-state index contributed by atoms with van der Waals surface area (Å²) in [4.78, 5) is 4.63. The van der Waals surface area contributed by atoms with Gasteiger partial charge in [0.15, 0.2) is 0 Å². The van der Waals surface area contributed by atoms with Crippen LogP contribution in [0.3, 0.4) is 0 Å². The Labute approximate surface area is 463 Å². The van der Waals surface area contributed by atoms with E-state index in [0.717, 1.165) is 67.5 Å². The molecule has 0 fully saturated rings. The number of hydrogen-bond donors (Lipinski definition) is 0. The van der Waals surface area contributed by atoms with E-state index in [1.165, 1.54) is 64.6 Å². The predicted octanol–water partition coefficient (Wildman–Crippen LogP) is 21.8. The van der Waals surface area contributed by atoms with Gasteiger partial charge < -0.3 is 9.80 Å². The molecule has 78 heavy (non-hydrogen) atoms. The minimum atomic E-state index is -0.508. The van der Waals surface area contributed by atoms with Crippen molar-refractivity contribution in [2.45, 2.75) is 0 Å². The molecule has 14 rings (SSSR count). The fraction of sp³-hybridized carbons (Fsp3) is 0. The number of rotatable bonds is 11. The van der Waals surface area contributed by atoms with Crippen LogP contribution in [0.4, 0.5) is 34.1 Å². The summed E-state index contributed by atoms with van der Waals surface area (Å²) in [6.45, 7) is -1.02. The minimum absolute atomic E-state index is 0.104. The number of nitrogens with zero attached hydrogens (tertiary/aromatic N) is 2. The first-order valence-corrected chi connectivity index (χ1v) is 26.3. The molecule has 0 N–H and O–H groups in total. The second kappa shape index (κ2) is 19.5. The summed E-state index contributed by atoms with van der Waals surface area (Å²) in [5.41, 5.74) is 13.3. The van der Waals surface area contributed by atoms with Crippen LogP contribution in [0.15, 0.2) is 292 Å². The van der Waals surface area contributed by atoms with Crippen molar-refractivity contribution in [3.05, 3.63) is 303 Å². The molecule has 2 nitrogen and oxygen atoms in total. The van der Waals surface area contributed by atoms with Crippen LogP contribution in [0.5, 0.6) is 0 Å². The molecule has 0 radical (unpaired) electrons. The molecular formula is C76H52N2. The Morgan fingerprint density at radius 3 is 0.679 bits per heavy atom. The predicted molar refractivity (Wildman–Crippen MR) is 337 cm³/mol. The van der Waals surface area contributed by atoms with E-state index in [0.29, 0.717) is 11.1 Å². The Kier molecular flexibility index (Phi) is 10.00. The second-order valence-electron chi connectivity index (χ2n) is 19.9. The molecule has 0 saturated heterocycles. The van der Waals surface area contributed by atoms with Gasteiger partial charge in [0.25, 0.3) is 0 Å². The molecule has 0 aromatic heterocycles. The molecule has 2 heteroatoms. The van der Waals surface area contributed by atoms with Gasteiger partial charge in [-0.05, 0) is 182 Å². The molecule has 0 saturated carbocycles. The normalized spacial score (nSPS) is 12.4. The maximum Gasteiger partial charge on any atom is 0.0623 e. The smallest absolute Gasteiger partial charge is 0.0623 e. The largest absolute Gasteiger partial charge is 0.310 e. The van der Waals surface area contributed by atoms with E-state index in [4.69, 9.17) is 8.22 Å². The Balaban J connectivity index is 0.840. The zero-order valence-corrected chi connectivity index (χ0v) is 42.5. The van der Waals surface area contributed by atoms with Crippen molar-refractivity contribution in [2.24, 2.45) is 0 Å². The Bertz CT molecular complexity index is 4530. The highest BCUT2D eigenvalue weighted by Gasteiger charge is 2.19. The first-order chi connectivity index (χ1) is 41.1. The first kappa shape index (κ1) is 40.1. The van der Waals surface area contributed by atoms with Crippen molar-refractivity contribution >= 4 is 111 Å². The summed E-state index contributed by atoms with van der Waals surface area (Å²) in [5, 5.41) is 14.5. The molecule has 0 aliphatic heterocycles. The van der Waals surface area contributed by atoms with Crippen LogP contribution in [0, 0.1) is 0 Å². The highest BCUT2D eigenvalue weighted by molar-refractivity contribution is 6.27. The molecule has 0 atom stereocenters. The maximum atomic E-state index is 8.15. The molecule has 14 aromatic carbocycles. The van der Waals surface area contributed by atoms with Crippen molar-refractivity contribution in [2.75, 3.05) is 9.80 Å². The second-order valence-corrected chi connectivity index (χ2v) is 19.9. The Hall–Kier alpha value is -10.3. The van der Waals surface area contributed by atoms with Gasteiger partial charge in [0.1, 0.15) is 0 Å². The topological polar surface area (TPSA) is 6.48 Å². The van der Waals surface area contributed by atoms with E-state index >= 15 is 0 Å². The fourth-order valence-electron chi connectivity index (χ4n) is 11.7. The average molecular weight is 999 g/mol. The highest BCUT2D eigenvalue weighted by atomic mass is 15.1. The molecule has 0 unspecified atom stereocenters. The molecule has 0 bridgehead atoms. The third-order valence-electron chi connectivity index (χ3n) is 15.5. The molecule has 0 aliphatic rings. The summed E-state index contributed by atoms with van der Waals surface area (Å²) in [7, 11) is 0. The maximum absolute atomic E-state index is 8.15. The lowest BCUT2D eigenvalue weighted by molar-refractivity contribution is 1.28. The van der Waals surface area contributed by atoms with E-state index in [1.807, 2.05) is 24.3 Å². The molecule has 0 aliphatic carbocycles. The highest BCUT2D eigenvalue weighted by Crippen LogP contribution is 2.44. The van der Waals surface area contributed by atoms with Gasteiger partial charge in [-0.3, -0.25) is 0 Å². The third kappa shape index (κ3) is 8.16. The van der Waals surface area contributed by atoms with Crippen LogP contribution < -0.4 is 9.80 Å². The van der Waals surface area contributed by atoms with Crippen molar-refractivity contribution in [3.8, 4) is 33.4 Å². The van der Waals surface area contributed by atoms with Crippen LogP contribution in [-0.4, -0.2) is 0 Å². The molecule has 0 spiro atoms. The van der Waals surface area contributed by atoms with E-state index < -0.39 is 13.1 Å². The quantitative estimate of drug-likeness (QED) is 0.119. The average Bonchev–Trinajstić information content (AvgIpc) is 1.65. The van der Waals surface area contributed by atoms with Crippen LogP contribution in [0.1, 0.15) is 19.4 Å². The number of benzene rings is 14. The zero-order chi connectivity index (χ0) is 57.0. The lowest BCUT2D eigenvalue weighted by Gasteiger charge is -2.27. The first-order valence-electron chi connectivity index (χ1n) is 29.3. The van der Waals surface area contributed by atoms with Crippen LogP contribution in [-0.2, 0) is 0 Å². The lowest BCUT2D eigenvalue weighted by atomic mass is 9.94. The minimum Gasteiger partial charge on any atom is -0.310 e. The van der Waals surface area contributed by atoms with Gasteiger partial charge in [0.05, 0.1) is 8.22 Å². The van der Waals surface area contributed by atoms with Gasteiger partial charge in [0.2, 0.25) is 0 Å². The fourth-order valence-corrected chi connectivity index (χ4v) is 11.7. The molecule has 0 heterocycles. The van der Waals surface area contributed by atoms with Gasteiger partial charge in [-0.25, -0.2) is 0 Å². The lowest BCUT2D eigenvalue weighted by Crippen LogP contribution is -2.10. The number of fused-ring (bicyclic) bond motifs is 12. The van der Waals surface area contributed by atoms with Gasteiger partial charge in [-0.15, -0.1) is 0 Å². The summed E-state index contributed by atoms with van der Waals surface area (Å²) >= 11 is 0. The summed E-state index contributed by atoms with van der Waals surface area (Å²) in [6, 6.07) is 97.8. The van der Waals surface area contributed by atoms with Crippen molar-refractivity contribution in [1.82, 2.24) is 0 Å². The molecule has 366 valence electrons. The van der Waals surface area contributed by atoms with Crippen LogP contribution in [0.25, 0.3) is 110 Å². The van der Waals surface area contributed by atoms with Crippen LogP contribution >= 0.6 is 0 Å². The van der Waals surface area contributed by atoms with Gasteiger partial charge in [0, 0.05) is 34.1 Å². The van der Waals surface area contributed by atoms with Crippen molar-refractivity contribution in [1.29, 1.82) is 0 Å². The van der Waals surface area contributed by atoms with E-state index in [2.05, 4.69) is 240 Å². The van der Waals surface area contributed by atoms with Crippen LogP contribution in [0.2, 0.25) is 0 Å².